The number of hydrogen-bond donors (Lipinski definition) is 1. The highest BCUT2D eigenvalue weighted by Crippen LogP contribution is 2.23. The molecule has 2 N–H and O–H groups in total. The van der Waals surface area contributed by atoms with Gasteiger partial charge in [-0.1, -0.05) is 0 Å². The Morgan fingerprint density at radius 1 is 1.33 bits per heavy atom. The largest absolute Gasteiger partial charge is 0.469 e. The SMILES string of the molecule is COC(=O)CCN(C)S(=O)(=O)N1CCC(CC(N)=O)CC1. The lowest BCUT2D eigenvalue weighted by atomic mass is 9.94. The number of carbonyl (C=O) groups excluding carboxylic acids is 2. The normalized spacial score (nSPS) is 17.9. The van der Waals surface area contributed by atoms with Gasteiger partial charge in [-0.25, -0.2) is 0 Å². The van der Waals surface area contributed by atoms with Crippen molar-refractivity contribution in [1.29, 1.82) is 0 Å². The van der Waals surface area contributed by atoms with Gasteiger partial charge >= 0.3 is 5.97 Å². The monoisotopic (exact) mass is 321 g/mol. The minimum Gasteiger partial charge on any atom is -0.469 e. The van der Waals surface area contributed by atoms with Crippen molar-refractivity contribution in [2.45, 2.75) is 25.7 Å². The van der Waals surface area contributed by atoms with Crippen molar-refractivity contribution in [2.75, 3.05) is 33.8 Å². The third-order valence-electron chi connectivity index (χ3n) is 3.64. The fourth-order valence-electron chi connectivity index (χ4n) is 2.29. The van der Waals surface area contributed by atoms with E-state index in [0.29, 0.717) is 32.4 Å². The molecule has 8 nitrogen and oxygen atoms in total. The van der Waals surface area contributed by atoms with Crippen molar-refractivity contribution in [3.63, 3.8) is 0 Å². The van der Waals surface area contributed by atoms with Crippen LogP contribution in [0.25, 0.3) is 0 Å². The van der Waals surface area contributed by atoms with Crippen molar-refractivity contribution >= 4 is 22.1 Å². The van der Waals surface area contributed by atoms with E-state index < -0.39 is 16.2 Å². The van der Waals surface area contributed by atoms with Crippen LogP contribution in [0.15, 0.2) is 0 Å². The second-order valence-corrected chi connectivity index (χ2v) is 7.20. The van der Waals surface area contributed by atoms with Crippen LogP contribution in [0.5, 0.6) is 0 Å². The van der Waals surface area contributed by atoms with Crippen LogP contribution in [0.2, 0.25) is 0 Å². The molecule has 0 aliphatic carbocycles. The first-order valence-corrected chi connectivity index (χ1v) is 8.23. The van der Waals surface area contributed by atoms with E-state index in [9.17, 15) is 18.0 Å². The zero-order valence-corrected chi connectivity index (χ0v) is 13.3. The number of hydrogen-bond acceptors (Lipinski definition) is 5. The molecule has 0 aromatic rings. The third kappa shape index (κ3) is 5.25. The van der Waals surface area contributed by atoms with Gasteiger partial charge in [-0.2, -0.15) is 17.0 Å². The summed E-state index contributed by atoms with van der Waals surface area (Å²) in [5.74, 6) is -0.655. The Morgan fingerprint density at radius 2 is 1.90 bits per heavy atom. The molecule has 1 fully saturated rings. The molecule has 1 aliphatic heterocycles. The van der Waals surface area contributed by atoms with E-state index in [2.05, 4.69) is 4.74 Å². The topological polar surface area (TPSA) is 110 Å². The molecule has 0 bridgehead atoms. The summed E-state index contributed by atoms with van der Waals surface area (Å²) in [6, 6.07) is 0. The number of nitrogens with zero attached hydrogens (tertiary/aromatic N) is 2. The van der Waals surface area contributed by atoms with Gasteiger partial charge in [0.25, 0.3) is 10.2 Å². The van der Waals surface area contributed by atoms with E-state index in [-0.39, 0.29) is 24.8 Å². The average molecular weight is 321 g/mol. The number of nitrogens with two attached hydrogens (primary N) is 1. The molecule has 0 spiro atoms. The molecule has 0 aromatic carbocycles. The van der Waals surface area contributed by atoms with Gasteiger partial charge < -0.3 is 10.5 Å². The third-order valence-corrected chi connectivity index (χ3v) is 5.63. The number of carbonyl (C=O) groups is 2. The second kappa shape index (κ2) is 7.71. The van der Waals surface area contributed by atoms with Gasteiger partial charge in [0.2, 0.25) is 5.91 Å². The molecule has 1 heterocycles. The van der Waals surface area contributed by atoms with E-state index in [0.717, 1.165) is 4.31 Å². The standard InChI is InChI=1S/C12H23N3O5S/c1-14(6-5-12(17)20-2)21(18,19)15-7-3-10(4-8-15)9-11(13)16/h10H,3-9H2,1-2H3,(H2,13,16). The highest BCUT2D eigenvalue weighted by Gasteiger charge is 2.31. The maximum Gasteiger partial charge on any atom is 0.306 e. The molecule has 1 rings (SSSR count). The Hall–Kier alpha value is -1.19. The predicted octanol–water partition coefficient (Wildman–Crippen LogP) is -0.686. The van der Waals surface area contributed by atoms with Gasteiger partial charge in [-0.15, -0.1) is 0 Å². The summed E-state index contributed by atoms with van der Waals surface area (Å²) in [5.41, 5.74) is 5.15. The first-order chi connectivity index (χ1) is 9.77. The minimum absolute atomic E-state index is 0.0182. The van der Waals surface area contributed by atoms with E-state index in [4.69, 9.17) is 5.73 Å². The molecular formula is C12H23N3O5S. The summed E-state index contributed by atoms with van der Waals surface area (Å²) in [6.45, 7) is 0.807. The maximum atomic E-state index is 12.3. The predicted molar refractivity (Wildman–Crippen MR) is 76.3 cm³/mol. The fourth-order valence-corrected chi connectivity index (χ4v) is 3.68. The quantitative estimate of drug-likeness (QED) is 0.624. The van der Waals surface area contributed by atoms with Crippen LogP contribution in [0, 0.1) is 5.92 Å². The zero-order valence-electron chi connectivity index (χ0n) is 12.4. The number of methoxy groups -OCH3 is 1. The average Bonchev–Trinajstić information content (AvgIpc) is 2.44. The number of rotatable bonds is 7. The fraction of sp³-hybridized carbons (Fsp3) is 0.833. The lowest BCUT2D eigenvalue weighted by Gasteiger charge is -2.33. The van der Waals surface area contributed by atoms with Gasteiger partial charge in [-0.05, 0) is 18.8 Å². The van der Waals surface area contributed by atoms with Crippen molar-refractivity contribution in [2.24, 2.45) is 11.7 Å². The van der Waals surface area contributed by atoms with Gasteiger partial charge in [-0.3, -0.25) is 9.59 Å². The molecule has 1 saturated heterocycles. The van der Waals surface area contributed by atoms with E-state index in [1.54, 1.807) is 0 Å². The molecule has 9 heteroatoms. The lowest BCUT2D eigenvalue weighted by Crippen LogP contribution is -2.46. The number of esters is 1. The van der Waals surface area contributed by atoms with Gasteiger partial charge in [0.05, 0.1) is 13.5 Å². The molecule has 1 amide bonds. The molecule has 0 atom stereocenters. The zero-order chi connectivity index (χ0) is 16.0. The van der Waals surface area contributed by atoms with Crippen LogP contribution in [0.1, 0.15) is 25.7 Å². The second-order valence-electron chi connectivity index (χ2n) is 5.17. The first kappa shape index (κ1) is 17.9. The van der Waals surface area contributed by atoms with Crippen molar-refractivity contribution in [3.8, 4) is 0 Å². The van der Waals surface area contributed by atoms with E-state index >= 15 is 0 Å². The van der Waals surface area contributed by atoms with E-state index in [1.165, 1.54) is 18.5 Å². The smallest absolute Gasteiger partial charge is 0.306 e. The van der Waals surface area contributed by atoms with Crippen molar-refractivity contribution in [3.05, 3.63) is 0 Å². The maximum absolute atomic E-state index is 12.3. The summed E-state index contributed by atoms with van der Waals surface area (Å²) in [6.07, 6.45) is 1.55. The number of ether oxygens (including phenoxy) is 1. The van der Waals surface area contributed by atoms with Crippen LogP contribution in [0.4, 0.5) is 0 Å². The Balaban J connectivity index is 2.52. The molecule has 0 aromatic heterocycles. The Bertz CT molecular complexity index is 471. The lowest BCUT2D eigenvalue weighted by molar-refractivity contribution is -0.140. The molecular weight excluding hydrogens is 298 g/mol. The minimum atomic E-state index is -3.58. The van der Waals surface area contributed by atoms with Crippen LogP contribution in [-0.4, -0.2) is 62.7 Å². The van der Waals surface area contributed by atoms with Crippen LogP contribution in [0.3, 0.4) is 0 Å². The summed E-state index contributed by atoms with van der Waals surface area (Å²) >= 11 is 0. The van der Waals surface area contributed by atoms with Crippen LogP contribution in [-0.2, 0) is 24.5 Å². The molecule has 0 radical (unpaired) electrons. The number of piperidine rings is 1. The van der Waals surface area contributed by atoms with Gasteiger partial charge in [0.15, 0.2) is 0 Å². The molecule has 1 aliphatic rings. The summed E-state index contributed by atoms with van der Waals surface area (Å²) in [4.78, 5) is 21.9. The Kier molecular flexibility index (Phi) is 6.56. The molecule has 21 heavy (non-hydrogen) atoms. The molecule has 0 saturated carbocycles. The summed E-state index contributed by atoms with van der Waals surface area (Å²) < 4.78 is 31.7. The number of primary amides is 1. The van der Waals surface area contributed by atoms with Crippen LogP contribution >= 0.6 is 0 Å². The number of amides is 1. The highest BCUT2D eigenvalue weighted by molar-refractivity contribution is 7.86. The van der Waals surface area contributed by atoms with Crippen LogP contribution < -0.4 is 5.73 Å². The Labute approximate surface area is 125 Å². The first-order valence-electron chi connectivity index (χ1n) is 6.84. The van der Waals surface area contributed by atoms with Crippen molar-refractivity contribution in [1.82, 2.24) is 8.61 Å². The highest BCUT2D eigenvalue weighted by atomic mass is 32.2. The van der Waals surface area contributed by atoms with Gasteiger partial charge in [0, 0.05) is 33.1 Å². The Morgan fingerprint density at radius 3 is 2.38 bits per heavy atom. The summed E-state index contributed by atoms with van der Waals surface area (Å²) in [5, 5.41) is 0. The van der Waals surface area contributed by atoms with Gasteiger partial charge in [0.1, 0.15) is 0 Å². The molecule has 122 valence electrons. The molecule has 0 unspecified atom stereocenters. The summed E-state index contributed by atoms with van der Waals surface area (Å²) in [7, 11) is -0.873. The van der Waals surface area contributed by atoms with Crippen molar-refractivity contribution < 1.29 is 22.7 Å². The van der Waals surface area contributed by atoms with E-state index in [1.807, 2.05) is 0 Å².